The number of hydrogen-bond acceptors (Lipinski definition) is 2. The quantitative estimate of drug-likeness (QED) is 0.816. The normalized spacial score (nSPS) is 25.6. The molecule has 2 rings (SSSR count). The van der Waals surface area contributed by atoms with Crippen molar-refractivity contribution in [1.82, 2.24) is 10.6 Å². The smallest absolute Gasteiger partial charge is 0.123 e. The summed E-state index contributed by atoms with van der Waals surface area (Å²) >= 11 is 0. The van der Waals surface area contributed by atoms with E-state index in [4.69, 9.17) is 0 Å². The van der Waals surface area contributed by atoms with Gasteiger partial charge in [0.05, 0.1) is 0 Å². The fraction of sp³-hybridized carbons (Fsp3) is 0.538. The van der Waals surface area contributed by atoms with Crippen LogP contribution in [-0.4, -0.2) is 19.1 Å². The van der Waals surface area contributed by atoms with Gasteiger partial charge in [0, 0.05) is 12.6 Å². The van der Waals surface area contributed by atoms with Gasteiger partial charge >= 0.3 is 0 Å². The molecule has 1 aliphatic heterocycles. The third kappa shape index (κ3) is 3.03. The lowest BCUT2D eigenvalue weighted by molar-refractivity contribution is 0.295. The van der Waals surface area contributed by atoms with Crippen LogP contribution in [0.2, 0.25) is 0 Å². The van der Waals surface area contributed by atoms with Gasteiger partial charge in [-0.2, -0.15) is 0 Å². The van der Waals surface area contributed by atoms with E-state index >= 15 is 0 Å². The van der Waals surface area contributed by atoms with Gasteiger partial charge in [0.2, 0.25) is 0 Å². The van der Waals surface area contributed by atoms with Gasteiger partial charge in [0.1, 0.15) is 5.82 Å². The molecule has 1 saturated heterocycles. The van der Waals surface area contributed by atoms with Gasteiger partial charge in [-0.05, 0) is 43.1 Å². The molecule has 1 aromatic rings. The van der Waals surface area contributed by atoms with Crippen molar-refractivity contribution in [2.45, 2.75) is 25.9 Å². The maximum Gasteiger partial charge on any atom is 0.123 e. The lowest BCUT2D eigenvalue weighted by atomic mass is 9.95. The minimum absolute atomic E-state index is 0.155. The highest BCUT2D eigenvalue weighted by molar-refractivity contribution is 5.16. The predicted molar refractivity (Wildman–Crippen MR) is 63.7 cm³/mol. The zero-order chi connectivity index (χ0) is 11.4. The molecule has 1 heterocycles. The third-order valence-electron chi connectivity index (χ3n) is 3.24. The molecule has 0 aliphatic carbocycles. The van der Waals surface area contributed by atoms with E-state index in [1.54, 1.807) is 12.1 Å². The van der Waals surface area contributed by atoms with Crippen LogP contribution in [0, 0.1) is 11.7 Å². The summed E-state index contributed by atoms with van der Waals surface area (Å²) in [4.78, 5) is 0. The van der Waals surface area contributed by atoms with E-state index in [0.29, 0.717) is 12.0 Å². The Balaban J connectivity index is 1.86. The Morgan fingerprint density at radius 1 is 1.50 bits per heavy atom. The second kappa shape index (κ2) is 5.41. The summed E-state index contributed by atoms with van der Waals surface area (Å²) < 4.78 is 13.0. The zero-order valence-electron chi connectivity index (χ0n) is 9.67. The molecule has 0 aromatic heterocycles. The Kier molecular flexibility index (Phi) is 3.91. The molecular weight excluding hydrogens is 203 g/mol. The Morgan fingerprint density at radius 3 is 3.12 bits per heavy atom. The van der Waals surface area contributed by atoms with Crippen LogP contribution in [0.3, 0.4) is 0 Å². The van der Waals surface area contributed by atoms with E-state index in [9.17, 15) is 4.39 Å². The summed E-state index contributed by atoms with van der Waals surface area (Å²) in [6, 6.07) is 7.35. The monoisotopic (exact) mass is 222 g/mol. The molecule has 2 atom stereocenters. The second-order valence-electron chi connectivity index (χ2n) is 4.59. The average Bonchev–Trinajstić information content (AvgIpc) is 2.28. The standard InChI is InChI=1S/C13H19FN2/c1-10-8-15-6-5-13(10)16-9-11-3-2-4-12(14)7-11/h2-4,7,10,13,15-16H,5-6,8-9H2,1H3. The van der Waals surface area contributed by atoms with Crippen LogP contribution in [0.4, 0.5) is 4.39 Å². The van der Waals surface area contributed by atoms with Gasteiger partial charge in [-0.1, -0.05) is 19.1 Å². The van der Waals surface area contributed by atoms with Crippen LogP contribution >= 0.6 is 0 Å². The van der Waals surface area contributed by atoms with Crippen LogP contribution in [0.1, 0.15) is 18.9 Å². The Morgan fingerprint density at radius 2 is 2.38 bits per heavy atom. The summed E-state index contributed by atoms with van der Waals surface area (Å²) in [5.41, 5.74) is 1.02. The molecule has 3 heteroatoms. The van der Waals surface area contributed by atoms with Gasteiger partial charge in [0.25, 0.3) is 0 Å². The first-order chi connectivity index (χ1) is 7.75. The van der Waals surface area contributed by atoms with E-state index in [1.165, 1.54) is 6.07 Å². The summed E-state index contributed by atoms with van der Waals surface area (Å²) in [5, 5.41) is 6.88. The molecule has 2 N–H and O–H groups in total. The minimum atomic E-state index is -0.155. The molecule has 1 aliphatic rings. The summed E-state index contributed by atoms with van der Waals surface area (Å²) in [6.07, 6.45) is 1.15. The van der Waals surface area contributed by atoms with Gasteiger partial charge < -0.3 is 10.6 Å². The van der Waals surface area contributed by atoms with Gasteiger partial charge in [-0.25, -0.2) is 4.39 Å². The SMILES string of the molecule is CC1CNCCC1NCc1cccc(F)c1. The number of halogens is 1. The first kappa shape index (κ1) is 11.6. The topological polar surface area (TPSA) is 24.1 Å². The van der Waals surface area contributed by atoms with Crippen molar-refractivity contribution >= 4 is 0 Å². The Bertz CT molecular complexity index is 340. The molecule has 0 bridgehead atoms. The number of hydrogen-bond donors (Lipinski definition) is 2. The summed E-state index contributed by atoms with van der Waals surface area (Å²) in [6.45, 7) is 5.15. The number of rotatable bonds is 3. The molecule has 2 nitrogen and oxygen atoms in total. The molecule has 0 spiro atoms. The largest absolute Gasteiger partial charge is 0.316 e. The number of nitrogens with one attached hydrogen (secondary N) is 2. The average molecular weight is 222 g/mol. The molecule has 1 aromatic carbocycles. The fourth-order valence-electron chi connectivity index (χ4n) is 2.21. The van der Waals surface area contributed by atoms with Crippen molar-refractivity contribution in [1.29, 1.82) is 0 Å². The van der Waals surface area contributed by atoms with Crippen molar-refractivity contribution < 1.29 is 4.39 Å². The predicted octanol–water partition coefficient (Wildman–Crippen LogP) is 1.91. The van der Waals surface area contributed by atoms with Crippen LogP contribution in [0.25, 0.3) is 0 Å². The highest BCUT2D eigenvalue weighted by atomic mass is 19.1. The lowest BCUT2D eigenvalue weighted by Crippen LogP contribution is -2.46. The molecule has 2 unspecified atom stereocenters. The Hall–Kier alpha value is -0.930. The van der Waals surface area contributed by atoms with Crippen LogP contribution < -0.4 is 10.6 Å². The maximum atomic E-state index is 13.0. The summed E-state index contributed by atoms with van der Waals surface area (Å²) in [7, 11) is 0. The highest BCUT2D eigenvalue weighted by Crippen LogP contribution is 2.11. The first-order valence-corrected chi connectivity index (χ1v) is 5.94. The molecule has 0 amide bonds. The first-order valence-electron chi connectivity index (χ1n) is 5.94. The maximum absolute atomic E-state index is 13.0. The van der Waals surface area contributed by atoms with Crippen molar-refractivity contribution in [3.8, 4) is 0 Å². The fourth-order valence-corrected chi connectivity index (χ4v) is 2.21. The molecule has 88 valence electrons. The number of benzene rings is 1. The van der Waals surface area contributed by atoms with E-state index in [1.807, 2.05) is 6.07 Å². The van der Waals surface area contributed by atoms with Crippen molar-refractivity contribution in [2.24, 2.45) is 5.92 Å². The van der Waals surface area contributed by atoms with Crippen LogP contribution in [0.15, 0.2) is 24.3 Å². The van der Waals surface area contributed by atoms with E-state index in [-0.39, 0.29) is 5.82 Å². The van der Waals surface area contributed by atoms with E-state index < -0.39 is 0 Å². The third-order valence-corrected chi connectivity index (χ3v) is 3.24. The van der Waals surface area contributed by atoms with Crippen molar-refractivity contribution in [3.63, 3.8) is 0 Å². The zero-order valence-corrected chi connectivity index (χ0v) is 9.67. The van der Waals surface area contributed by atoms with Gasteiger partial charge in [-0.15, -0.1) is 0 Å². The van der Waals surface area contributed by atoms with Crippen LogP contribution in [0.5, 0.6) is 0 Å². The molecule has 1 fully saturated rings. The van der Waals surface area contributed by atoms with Crippen molar-refractivity contribution in [2.75, 3.05) is 13.1 Å². The number of piperidine rings is 1. The molecule has 0 saturated carbocycles. The van der Waals surface area contributed by atoms with Crippen molar-refractivity contribution in [3.05, 3.63) is 35.6 Å². The molecule has 16 heavy (non-hydrogen) atoms. The van der Waals surface area contributed by atoms with Gasteiger partial charge in [0.15, 0.2) is 0 Å². The van der Waals surface area contributed by atoms with E-state index in [2.05, 4.69) is 17.6 Å². The van der Waals surface area contributed by atoms with Gasteiger partial charge in [-0.3, -0.25) is 0 Å². The summed E-state index contributed by atoms with van der Waals surface area (Å²) in [5.74, 6) is 0.486. The molecule has 0 radical (unpaired) electrons. The van der Waals surface area contributed by atoms with E-state index in [0.717, 1.165) is 31.6 Å². The minimum Gasteiger partial charge on any atom is -0.316 e. The van der Waals surface area contributed by atoms with Crippen LogP contribution in [-0.2, 0) is 6.54 Å². The lowest BCUT2D eigenvalue weighted by Gasteiger charge is -2.30. The highest BCUT2D eigenvalue weighted by Gasteiger charge is 2.19. The second-order valence-corrected chi connectivity index (χ2v) is 4.59. The molecular formula is C13H19FN2. The Labute approximate surface area is 96.2 Å².